The number of aliphatic hydroxyl groups is 1. The fourth-order valence-corrected chi connectivity index (χ4v) is 5.46. The van der Waals surface area contributed by atoms with E-state index in [9.17, 15) is 14.7 Å². The van der Waals surface area contributed by atoms with E-state index in [4.69, 9.17) is 0 Å². The molecule has 1 aromatic carbocycles. The molecule has 2 aromatic rings. The molecule has 1 aromatic heterocycles. The van der Waals surface area contributed by atoms with Crippen molar-refractivity contribution in [2.75, 3.05) is 6.54 Å². The fourth-order valence-electron chi connectivity index (χ4n) is 4.41. The summed E-state index contributed by atoms with van der Waals surface area (Å²) in [5.74, 6) is -1.13. The molecule has 29 heavy (non-hydrogen) atoms. The van der Waals surface area contributed by atoms with Crippen molar-refractivity contribution in [1.82, 2.24) is 4.90 Å². The van der Waals surface area contributed by atoms with Crippen molar-refractivity contribution in [3.8, 4) is 0 Å². The van der Waals surface area contributed by atoms with Crippen molar-refractivity contribution in [3.05, 3.63) is 62.3 Å². The number of aryl methyl sites for hydroxylation is 3. The number of fused-ring (bicyclic) bond motifs is 1. The highest BCUT2D eigenvalue weighted by Crippen LogP contribution is 2.43. The molecule has 1 unspecified atom stereocenters. The van der Waals surface area contributed by atoms with Gasteiger partial charge in [-0.1, -0.05) is 25.5 Å². The van der Waals surface area contributed by atoms with E-state index >= 15 is 0 Å². The van der Waals surface area contributed by atoms with E-state index < -0.39 is 17.7 Å². The number of likely N-dealkylation sites (tertiary alicyclic amines) is 1. The molecule has 4 nitrogen and oxygen atoms in total. The van der Waals surface area contributed by atoms with Crippen LogP contribution in [-0.2, 0) is 22.4 Å². The monoisotopic (exact) mass is 409 g/mol. The van der Waals surface area contributed by atoms with E-state index in [1.807, 2.05) is 30.5 Å². The number of rotatable bonds is 5. The molecule has 0 radical (unpaired) electrons. The predicted octanol–water partition coefficient (Wildman–Crippen LogP) is 5.16. The van der Waals surface area contributed by atoms with Crippen molar-refractivity contribution < 1.29 is 14.7 Å². The average molecular weight is 410 g/mol. The highest BCUT2D eigenvalue weighted by Gasteiger charge is 2.46. The molecule has 2 heterocycles. The van der Waals surface area contributed by atoms with Gasteiger partial charge in [-0.2, -0.15) is 0 Å². The van der Waals surface area contributed by atoms with Crippen LogP contribution in [0.15, 0.2) is 35.2 Å². The molecule has 1 aliphatic carbocycles. The first kappa shape index (κ1) is 19.9. The van der Waals surface area contributed by atoms with Gasteiger partial charge < -0.3 is 10.0 Å². The Kier molecular flexibility index (Phi) is 5.59. The molecule has 5 heteroatoms. The molecule has 0 saturated carbocycles. The van der Waals surface area contributed by atoms with Gasteiger partial charge in [0.1, 0.15) is 5.76 Å². The van der Waals surface area contributed by atoms with Gasteiger partial charge in [-0.3, -0.25) is 9.59 Å². The summed E-state index contributed by atoms with van der Waals surface area (Å²) in [7, 11) is 0. The number of unbranched alkanes of at least 4 members (excludes halogenated alkanes) is 1. The van der Waals surface area contributed by atoms with Crippen molar-refractivity contribution in [2.24, 2.45) is 0 Å². The summed E-state index contributed by atoms with van der Waals surface area (Å²) in [4.78, 5) is 28.4. The van der Waals surface area contributed by atoms with Gasteiger partial charge in [-0.25, -0.2) is 0 Å². The Morgan fingerprint density at radius 3 is 2.62 bits per heavy atom. The van der Waals surface area contributed by atoms with Gasteiger partial charge in [0.2, 0.25) is 0 Å². The number of carbonyl (C=O) groups excluding carboxylic acids is 2. The smallest absolute Gasteiger partial charge is 0.295 e. The van der Waals surface area contributed by atoms with Crippen LogP contribution in [0.1, 0.15) is 65.8 Å². The maximum Gasteiger partial charge on any atom is 0.295 e. The molecule has 1 aliphatic heterocycles. The Morgan fingerprint density at radius 2 is 1.93 bits per heavy atom. The Labute approximate surface area is 175 Å². The zero-order chi connectivity index (χ0) is 20.5. The van der Waals surface area contributed by atoms with E-state index in [1.54, 1.807) is 4.90 Å². The van der Waals surface area contributed by atoms with E-state index in [-0.39, 0.29) is 11.3 Å². The van der Waals surface area contributed by atoms with Crippen molar-refractivity contribution in [1.29, 1.82) is 0 Å². The number of aliphatic hydroxyl groups excluding tert-OH is 1. The standard InChI is InChI=1S/C24H27NO3S/c1-3-4-12-25-20(23-15(2)11-13-29-23)19(22(27)24(25)28)21(26)18-10-9-16-7-5-6-8-17(16)14-18/h9-11,13-14,20,26H,3-8,12H2,1-2H3/b21-19-. The topological polar surface area (TPSA) is 57.6 Å². The summed E-state index contributed by atoms with van der Waals surface area (Å²) in [5.41, 5.74) is 4.47. The summed E-state index contributed by atoms with van der Waals surface area (Å²) in [5, 5.41) is 13.2. The second-order valence-electron chi connectivity index (χ2n) is 8.00. The number of amides is 1. The van der Waals surface area contributed by atoms with Crippen molar-refractivity contribution in [3.63, 3.8) is 0 Å². The summed E-state index contributed by atoms with van der Waals surface area (Å²) < 4.78 is 0. The number of Topliss-reactive ketones (excluding diaryl/α,β-unsaturated/α-hetero) is 1. The zero-order valence-corrected chi connectivity index (χ0v) is 17.8. The number of hydrogen-bond donors (Lipinski definition) is 1. The number of thiophene rings is 1. The van der Waals surface area contributed by atoms with Gasteiger partial charge in [0.15, 0.2) is 0 Å². The lowest BCUT2D eigenvalue weighted by molar-refractivity contribution is -0.139. The van der Waals surface area contributed by atoms with Gasteiger partial charge in [0.25, 0.3) is 11.7 Å². The first-order valence-electron chi connectivity index (χ1n) is 10.5. The van der Waals surface area contributed by atoms with E-state index in [1.165, 1.54) is 28.9 Å². The lowest BCUT2D eigenvalue weighted by Crippen LogP contribution is -2.30. The highest BCUT2D eigenvalue weighted by molar-refractivity contribution is 7.10. The highest BCUT2D eigenvalue weighted by atomic mass is 32.1. The molecule has 1 N–H and O–H groups in total. The van der Waals surface area contributed by atoms with Crippen LogP contribution in [0.25, 0.3) is 5.76 Å². The number of carbonyl (C=O) groups is 2. The van der Waals surface area contributed by atoms with Crippen molar-refractivity contribution >= 4 is 28.8 Å². The van der Waals surface area contributed by atoms with Crippen molar-refractivity contribution in [2.45, 2.75) is 58.4 Å². The third-order valence-corrected chi connectivity index (χ3v) is 7.14. The van der Waals surface area contributed by atoms with Gasteiger partial charge in [-0.05, 0) is 73.2 Å². The molecular formula is C24H27NO3S. The molecule has 1 atom stereocenters. The minimum absolute atomic E-state index is 0.0477. The molecule has 2 aliphatic rings. The van der Waals surface area contributed by atoms with Crippen LogP contribution in [0.5, 0.6) is 0 Å². The Hall–Kier alpha value is -2.40. The molecule has 0 bridgehead atoms. The lowest BCUT2D eigenvalue weighted by atomic mass is 9.89. The van der Waals surface area contributed by atoms with Crippen LogP contribution in [0.4, 0.5) is 0 Å². The van der Waals surface area contributed by atoms with Crippen LogP contribution in [-0.4, -0.2) is 28.2 Å². The normalized spacial score (nSPS) is 20.9. The Balaban J connectivity index is 1.83. The molecule has 0 spiro atoms. The van der Waals surface area contributed by atoms with Gasteiger partial charge >= 0.3 is 0 Å². The fraction of sp³-hybridized carbons (Fsp3) is 0.417. The van der Waals surface area contributed by atoms with E-state index in [0.29, 0.717) is 12.1 Å². The SMILES string of the molecule is CCCCN1C(=O)C(=O)/C(=C(\O)c2ccc3c(c2)CCCC3)C1c1sccc1C. The summed E-state index contributed by atoms with van der Waals surface area (Å²) >= 11 is 1.54. The number of benzene rings is 1. The lowest BCUT2D eigenvalue weighted by Gasteiger charge is -2.25. The molecule has 1 amide bonds. The summed E-state index contributed by atoms with van der Waals surface area (Å²) in [6.45, 7) is 4.57. The first-order valence-corrected chi connectivity index (χ1v) is 11.4. The number of nitrogens with zero attached hydrogens (tertiary/aromatic N) is 1. The third kappa shape index (κ3) is 3.52. The summed E-state index contributed by atoms with van der Waals surface area (Å²) in [6.07, 6.45) is 6.16. The molecular weight excluding hydrogens is 382 g/mol. The summed E-state index contributed by atoms with van der Waals surface area (Å²) in [6, 6.07) is 7.44. The third-order valence-electron chi connectivity index (χ3n) is 6.06. The van der Waals surface area contributed by atoms with Crippen LogP contribution < -0.4 is 0 Å². The largest absolute Gasteiger partial charge is 0.507 e. The zero-order valence-electron chi connectivity index (χ0n) is 17.0. The van der Waals surface area contributed by atoms with Gasteiger partial charge in [0.05, 0.1) is 11.6 Å². The first-order chi connectivity index (χ1) is 14.0. The maximum atomic E-state index is 13.0. The minimum atomic E-state index is -0.575. The minimum Gasteiger partial charge on any atom is -0.507 e. The molecule has 1 saturated heterocycles. The average Bonchev–Trinajstić information content (AvgIpc) is 3.26. The molecule has 152 valence electrons. The second-order valence-corrected chi connectivity index (χ2v) is 8.95. The Bertz CT molecular complexity index is 988. The molecule has 4 rings (SSSR count). The molecule has 1 fully saturated rings. The van der Waals surface area contributed by atoms with Crippen LogP contribution in [0.3, 0.4) is 0 Å². The number of ketones is 1. The van der Waals surface area contributed by atoms with Crippen LogP contribution >= 0.6 is 11.3 Å². The predicted molar refractivity (Wildman–Crippen MR) is 116 cm³/mol. The van der Waals surface area contributed by atoms with E-state index in [2.05, 4.69) is 13.0 Å². The number of hydrogen-bond acceptors (Lipinski definition) is 4. The quantitative estimate of drug-likeness (QED) is 0.422. The van der Waals surface area contributed by atoms with Crippen LogP contribution in [0, 0.1) is 6.92 Å². The second kappa shape index (κ2) is 8.15. The van der Waals surface area contributed by atoms with Gasteiger partial charge in [0, 0.05) is 17.0 Å². The Morgan fingerprint density at radius 1 is 1.17 bits per heavy atom. The maximum absolute atomic E-state index is 13.0. The van der Waals surface area contributed by atoms with Gasteiger partial charge in [-0.15, -0.1) is 11.3 Å². The van der Waals surface area contributed by atoms with E-state index in [0.717, 1.165) is 42.5 Å². The van der Waals surface area contributed by atoms with Crippen LogP contribution in [0.2, 0.25) is 0 Å².